The zero-order valence-electron chi connectivity index (χ0n) is 9.99. The number of amides is 2. The first-order valence-electron chi connectivity index (χ1n) is 5.24. The van der Waals surface area contributed by atoms with E-state index in [-0.39, 0.29) is 0 Å². The molecule has 0 atom stereocenters. The summed E-state index contributed by atoms with van der Waals surface area (Å²) in [5.41, 5.74) is 7.38. The van der Waals surface area contributed by atoms with E-state index in [0.717, 1.165) is 17.7 Å². The Hall–Kier alpha value is -1.71. The van der Waals surface area contributed by atoms with Crippen LogP contribution >= 0.6 is 0 Å². The van der Waals surface area contributed by atoms with Crippen LogP contribution in [0.25, 0.3) is 0 Å². The van der Waals surface area contributed by atoms with Crippen molar-refractivity contribution in [2.45, 2.75) is 19.9 Å². The number of hydrogen-bond donors (Lipinski definition) is 1. The van der Waals surface area contributed by atoms with Crippen LogP contribution in [0.5, 0.6) is 5.75 Å². The molecule has 0 radical (unpaired) electrons. The second-order valence-electron chi connectivity index (χ2n) is 3.69. The smallest absolute Gasteiger partial charge is 0.314 e. The van der Waals surface area contributed by atoms with Gasteiger partial charge in [0.05, 0.1) is 13.7 Å². The average molecular weight is 222 g/mol. The van der Waals surface area contributed by atoms with Crippen LogP contribution in [0.3, 0.4) is 0 Å². The van der Waals surface area contributed by atoms with Crippen molar-refractivity contribution in [3.8, 4) is 5.75 Å². The molecule has 0 saturated heterocycles. The number of hydrogen-bond acceptors (Lipinski definition) is 2. The molecular weight excluding hydrogens is 204 g/mol. The number of ether oxygens (including phenoxy) is 1. The largest absolute Gasteiger partial charge is 0.496 e. The number of rotatable bonds is 4. The van der Waals surface area contributed by atoms with E-state index < -0.39 is 6.03 Å². The summed E-state index contributed by atoms with van der Waals surface area (Å²) in [6.45, 7) is 2.55. The average Bonchev–Trinajstić information content (AvgIpc) is 2.28. The lowest BCUT2D eigenvalue weighted by molar-refractivity contribution is 0.216. The Labute approximate surface area is 96.0 Å². The third-order valence-electron chi connectivity index (χ3n) is 2.54. The van der Waals surface area contributed by atoms with Crippen LogP contribution in [-0.2, 0) is 13.0 Å². The molecule has 0 heterocycles. The SMILES string of the molecule is CCc1ccc(OC)c(CN(C)C(N)=O)c1. The van der Waals surface area contributed by atoms with E-state index in [1.54, 1.807) is 14.2 Å². The molecule has 4 heteroatoms. The van der Waals surface area contributed by atoms with Gasteiger partial charge in [0.2, 0.25) is 0 Å². The van der Waals surface area contributed by atoms with Gasteiger partial charge in [-0.15, -0.1) is 0 Å². The van der Waals surface area contributed by atoms with Crippen LogP contribution in [-0.4, -0.2) is 25.1 Å². The summed E-state index contributed by atoms with van der Waals surface area (Å²) in [5.74, 6) is 0.783. The molecule has 0 fully saturated rings. The van der Waals surface area contributed by atoms with Gasteiger partial charge in [-0.3, -0.25) is 0 Å². The first-order valence-corrected chi connectivity index (χ1v) is 5.24. The maximum Gasteiger partial charge on any atom is 0.314 e. The van der Waals surface area contributed by atoms with Crippen LogP contribution in [0.4, 0.5) is 4.79 Å². The third-order valence-corrected chi connectivity index (χ3v) is 2.54. The normalized spacial score (nSPS) is 9.94. The highest BCUT2D eigenvalue weighted by molar-refractivity contribution is 5.71. The van der Waals surface area contributed by atoms with E-state index in [2.05, 4.69) is 6.92 Å². The summed E-state index contributed by atoms with van der Waals surface area (Å²) < 4.78 is 5.25. The van der Waals surface area contributed by atoms with Crippen LogP contribution in [0.2, 0.25) is 0 Å². The molecule has 16 heavy (non-hydrogen) atoms. The van der Waals surface area contributed by atoms with Crippen molar-refractivity contribution in [3.05, 3.63) is 29.3 Å². The predicted octanol–water partition coefficient (Wildman–Crippen LogP) is 1.77. The molecule has 0 aromatic heterocycles. The monoisotopic (exact) mass is 222 g/mol. The summed E-state index contributed by atoms with van der Waals surface area (Å²) in [6.07, 6.45) is 0.956. The second kappa shape index (κ2) is 5.39. The van der Waals surface area contributed by atoms with Crippen molar-refractivity contribution >= 4 is 6.03 Å². The van der Waals surface area contributed by atoms with Crippen LogP contribution < -0.4 is 10.5 Å². The van der Waals surface area contributed by atoms with Gasteiger partial charge in [0.15, 0.2) is 0 Å². The van der Waals surface area contributed by atoms with E-state index in [4.69, 9.17) is 10.5 Å². The predicted molar refractivity (Wildman–Crippen MR) is 63.4 cm³/mol. The van der Waals surface area contributed by atoms with Gasteiger partial charge in [-0.2, -0.15) is 0 Å². The lowest BCUT2D eigenvalue weighted by Crippen LogP contribution is -2.31. The Morgan fingerprint density at radius 3 is 2.69 bits per heavy atom. The molecule has 0 spiro atoms. The fraction of sp³-hybridized carbons (Fsp3) is 0.417. The van der Waals surface area contributed by atoms with Crippen molar-refractivity contribution in [2.75, 3.05) is 14.2 Å². The van der Waals surface area contributed by atoms with E-state index in [1.165, 1.54) is 10.5 Å². The van der Waals surface area contributed by atoms with Crippen molar-refractivity contribution in [1.82, 2.24) is 4.90 Å². The van der Waals surface area contributed by atoms with Crippen LogP contribution in [0.15, 0.2) is 18.2 Å². The highest BCUT2D eigenvalue weighted by Gasteiger charge is 2.09. The molecule has 88 valence electrons. The summed E-state index contributed by atoms with van der Waals surface area (Å²) in [7, 11) is 3.29. The lowest BCUT2D eigenvalue weighted by Gasteiger charge is -2.17. The Morgan fingerprint density at radius 2 is 2.19 bits per heavy atom. The van der Waals surface area contributed by atoms with Gasteiger partial charge in [-0.1, -0.05) is 19.1 Å². The number of urea groups is 1. The number of methoxy groups -OCH3 is 1. The van der Waals surface area contributed by atoms with Gasteiger partial charge < -0.3 is 15.4 Å². The minimum absolute atomic E-state index is 0.441. The lowest BCUT2D eigenvalue weighted by atomic mass is 10.1. The van der Waals surface area contributed by atoms with Crippen LogP contribution in [0, 0.1) is 0 Å². The molecule has 1 rings (SSSR count). The molecule has 0 unspecified atom stereocenters. The van der Waals surface area contributed by atoms with E-state index >= 15 is 0 Å². The molecule has 4 nitrogen and oxygen atoms in total. The maximum absolute atomic E-state index is 11.0. The fourth-order valence-electron chi connectivity index (χ4n) is 1.51. The molecular formula is C12H18N2O2. The zero-order valence-corrected chi connectivity index (χ0v) is 9.99. The molecule has 0 aliphatic rings. The Kier molecular flexibility index (Phi) is 4.17. The fourth-order valence-corrected chi connectivity index (χ4v) is 1.51. The summed E-state index contributed by atoms with van der Waals surface area (Å²) >= 11 is 0. The van der Waals surface area contributed by atoms with Gasteiger partial charge in [-0.25, -0.2) is 4.79 Å². The highest BCUT2D eigenvalue weighted by atomic mass is 16.5. The molecule has 1 aromatic rings. The molecule has 0 bridgehead atoms. The topological polar surface area (TPSA) is 55.6 Å². The minimum Gasteiger partial charge on any atom is -0.496 e. The van der Waals surface area contributed by atoms with Crippen LogP contribution in [0.1, 0.15) is 18.1 Å². The number of aryl methyl sites for hydroxylation is 1. The number of nitrogens with zero attached hydrogens (tertiary/aromatic N) is 1. The van der Waals surface area contributed by atoms with Crippen molar-refractivity contribution in [2.24, 2.45) is 5.73 Å². The summed E-state index contributed by atoms with van der Waals surface area (Å²) in [4.78, 5) is 12.4. The van der Waals surface area contributed by atoms with Gasteiger partial charge in [0.25, 0.3) is 0 Å². The van der Waals surface area contributed by atoms with E-state index in [9.17, 15) is 4.79 Å². The number of carbonyl (C=O) groups excluding carboxylic acids is 1. The van der Waals surface area contributed by atoms with E-state index in [0.29, 0.717) is 6.54 Å². The van der Waals surface area contributed by atoms with Gasteiger partial charge in [0, 0.05) is 12.6 Å². The third kappa shape index (κ3) is 2.89. The Morgan fingerprint density at radius 1 is 1.50 bits per heavy atom. The van der Waals surface area contributed by atoms with Crippen molar-refractivity contribution in [1.29, 1.82) is 0 Å². The number of primary amides is 1. The standard InChI is InChI=1S/C12H18N2O2/c1-4-9-5-6-11(16-3)10(7-9)8-14(2)12(13)15/h5-7H,4,8H2,1-3H3,(H2,13,15). The van der Waals surface area contributed by atoms with Gasteiger partial charge >= 0.3 is 6.03 Å². The van der Waals surface area contributed by atoms with Crippen molar-refractivity contribution in [3.63, 3.8) is 0 Å². The quantitative estimate of drug-likeness (QED) is 0.844. The summed E-state index contributed by atoms with van der Waals surface area (Å²) in [5, 5.41) is 0. The number of carbonyl (C=O) groups is 1. The maximum atomic E-state index is 11.0. The molecule has 2 N–H and O–H groups in total. The first-order chi connectivity index (χ1) is 7.58. The molecule has 1 aromatic carbocycles. The highest BCUT2D eigenvalue weighted by Crippen LogP contribution is 2.21. The van der Waals surface area contributed by atoms with Crippen molar-refractivity contribution < 1.29 is 9.53 Å². The Balaban J connectivity index is 2.95. The zero-order chi connectivity index (χ0) is 12.1. The van der Waals surface area contributed by atoms with Gasteiger partial charge in [0.1, 0.15) is 5.75 Å². The van der Waals surface area contributed by atoms with E-state index in [1.807, 2.05) is 18.2 Å². The minimum atomic E-state index is -0.441. The summed E-state index contributed by atoms with van der Waals surface area (Å²) in [6, 6.07) is 5.54. The Bertz CT molecular complexity index is 377. The molecule has 0 aliphatic carbocycles. The number of nitrogens with two attached hydrogens (primary N) is 1. The molecule has 0 saturated carbocycles. The molecule has 2 amide bonds. The number of benzene rings is 1. The molecule has 0 aliphatic heterocycles. The van der Waals surface area contributed by atoms with Gasteiger partial charge in [-0.05, 0) is 18.1 Å². The second-order valence-corrected chi connectivity index (χ2v) is 3.69. The first kappa shape index (κ1) is 12.4.